The molecule has 0 atom stereocenters. The Labute approximate surface area is 101 Å². The molecule has 2 amide bonds. The van der Waals surface area contributed by atoms with E-state index in [1.807, 2.05) is 19.1 Å². The van der Waals surface area contributed by atoms with Crippen LogP contribution >= 0.6 is 0 Å². The van der Waals surface area contributed by atoms with Crippen molar-refractivity contribution >= 4 is 11.8 Å². The van der Waals surface area contributed by atoms with Crippen molar-refractivity contribution in [2.45, 2.75) is 33.9 Å². The maximum absolute atomic E-state index is 10.9. The Bertz CT molecular complexity index is 410. The second-order valence-electron chi connectivity index (χ2n) is 4.01. The second kappa shape index (κ2) is 6.08. The molecule has 2 N–H and O–H groups in total. The average molecular weight is 237 g/mol. The van der Waals surface area contributed by atoms with Crippen LogP contribution in [0.2, 0.25) is 0 Å². The summed E-state index contributed by atoms with van der Waals surface area (Å²) >= 11 is 0. The predicted molar refractivity (Wildman–Crippen MR) is 65.4 cm³/mol. The molecule has 94 valence electrons. The van der Waals surface area contributed by atoms with Gasteiger partial charge in [0.15, 0.2) is 0 Å². The molecule has 1 aromatic rings. The highest BCUT2D eigenvalue weighted by molar-refractivity contribution is 5.73. The molecule has 0 aliphatic heterocycles. The molecule has 1 rings (SSSR count). The molecule has 5 nitrogen and oxygen atoms in total. The van der Waals surface area contributed by atoms with E-state index in [1.54, 1.807) is 0 Å². The van der Waals surface area contributed by atoms with Gasteiger partial charge in [0, 0.05) is 38.3 Å². The van der Waals surface area contributed by atoms with Gasteiger partial charge < -0.3 is 15.2 Å². The highest BCUT2D eigenvalue weighted by Crippen LogP contribution is 2.07. The van der Waals surface area contributed by atoms with Crippen LogP contribution in [0, 0.1) is 6.92 Å². The molecule has 0 aromatic carbocycles. The minimum Gasteiger partial charge on any atom is -0.355 e. The van der Waals surface area contributed by atoms with E-state index < -0.39 is 0 Å². The molecule has 0 saturated heterocycles. The van der Waals surface area contributed by atoms with E-state index in [9.17, 15) is 9.59 Å². The smallest absolute Gasteiger partial charge is 0.217 e. The van der Waals surface area contributed by atoms with Gasteiger partial charge in [0.25, 0.3) is 0 Å². The van der Waals surface area contributed by atoms with E-state index in [0.29, 0.717) is 19.6 Å². The van der Waals surface area contributed by atoms with E-state index in [0.717, 1.165) is 11.4 Å². The summed E-state index contributed by atoms with van der Waals surface area (Å²) in [6.07, 6.45) is 0. The van der Waals surface area contributed by atoms with Crippen molar-refractivity contribution < 1.29 is 9.59 Å². The first-order chi connectivity index (χ1) is 8.00. The molecule has 0 spiro atoms. The number of nitrogens with zero attached hydrogens (tertiary/aromatic N) is 1. The first kappa shape index (κ1) is 13.3. The fraction of sp³-hybridized carbons (Fsp3) is 0.500. The minimum absolute atomic E-state index is 0.0294. The van der Waals surface area contributed by atoms with E-state index in [-0.39, 0.29) is 11.8 Å². The third-order valence-corrected chi connectivity index (χ3v) is 2.52. The quantitative estimate of drug-likeness (QED) is 0.786. The molecule has 0 fully saturated rings. The molecule has 0 unspecified atom stereocenters. The Morgan fingerprint density at radius 1 is 1.18 bits per heavy atom. The highest BCUT2D eigenvalue weighted by atomic mass is 16.2. The molecule has 5 heteroatoms. The summed E-state index contributed by atoms with van der Waals surface area (Å²) in [5, 5.41) is 5.52. The molecule has 1 heterocycles. The normalized spacial score (nSPS) is 10.1. The fourth-order valence-electron chi connectivity index (χ4n) is 1.66. The van der Waals surface area contributed by atoms with Gasteiger partial charge in [-0.2, -0.15) is 0 Å². The number of carbonyl (C=O) groups excluding carboxylic acids is 2. The lowest BCUT2D eigenvalue weighted by atomic mass is 10.4. The van der Waals surface area contributed by atoms with Crippen LogP contribution in [0.4, 0.5) is 0 Å². The summed E-state index contributed by atoms with van der Waals surface area (Å²) in [7, 11) is 0. The maximum atomic E-state index is 10.9. The van der Waals surface area contributed by atoms with Gasteiger partial charge in [-0.1, -0.05) is 0 Å². The van der Waals surface area contributed by atoms with Crippen LogP contribution in [0.15, 0.2) is 12.1 Å². The zero-order valence-electron chi connectivity index (χ0n) is 10.5. The van der Waals surface area contributed by atoms with Crippen LogP contribution in [0.1, 0.15) is 25.2 Å². The SMILES string of the molecule is CC(=O)NCCn1c(C)ccc1CNC(C)=O. The van der Waals surface area contributed by atoms with Crippen molar-refractivity contribution in [3.05, 3.63) is 23.5 Å². The molecule has 0 radical (unpaired) electrons. The van der Waals surface area contributed by atoms with Crippen molar-refractivity contribution in [1.29, 1.82) is 0 Å². The van der Waals surface area contributed by atoms with Gasteiger partial charge in [-0.05, 0) is 19.1 Å². The zero-order chi connectivity index (χ0) is 12.8. The minimum atomic E-state index is -0.0442. The van der Waals surface area contributed by atoms with Crippen LogP contribution in [0.5, 0.6) is 0 Å². The van der Waals surface area contributed by atoms with Crippen LogP contribution < -0.4 is 10.6 Å². The average Bonchev–Trinajstić information content (AvgIpc) is 2.57. The highest BCUT2D eigenvalue weighted by Gasteiger charge is 2.05. The third-order valence-electron chi connectivity index (χ3n) is 2.52. The Morgan fingerprint density at radius 3 is 2.41 bits per heavy atom. The molecule has 0 saturated carbocycles. The van der Waals surface area contributed by atoms with Crippen molar-refractivity contribution in [3.8, 4) is 0 Å². The Balaban J connectivity index is 2.59. The number of rotatable bonds is 5. The van der Waals surface area contributed by atoms with Crippen LogP contribution in [0.25, 0.3) is 0 Å². The van der Waals surface area contributed by atoms with Crippen molar-refractivity contribution in [2.75, 3.05) is 6.54 Å². The van der Waals surface area contributed by atoms with Gasteiger partial charge >= 0.3 is 0 Å². The van der Waals surface area contributed by atoms with Crippen molar-refractivity contribution in [1.82, 2.24) is 15.2 Å². The number of aryl methyl sites for hydroxylation is 1. The van der Waals surface area contributed by atoms with Gasteiger partial charge in [0.1, 0.15) is 0 Å². The molecule has 0 aliphatic carbocycles. The summed E-state index contributed by atoms with van der Waals surface area (Å²) in [5.41, 5.74) is 2.17. The Hall–Kier alpha value is -1.78. The van der Waals surface area contributed by atoms with Crippen molar-refractivity contribution in [3.63, 3.8) is 0 Å². The molecule has 0 aliphatic rings. The lowest BCUT2D eigenvalue weighted by Crippen LogP contribution is -2.27. The summed E-state index contributed by atoms with van der Waals surface area (Å²) in [6.45, 7) is 6.83. The number of aromatic nitrogens is 1. The monoisotopic (exact) mass is 237 g/mol. The number of nitrogens with one attached hydrogen (secondary N) is 2. The number of carbonyl (C=O) groups is 2. The third kappa shape index (κ3) is 4.30. The van der Waals surface area contributed by atoms with Crippen LogP contribution in [0.3, 0.4) is 0 Å². The van der Waals surface area contributed by atoms with E-state index in [4.69, 9.17) is 0 Å². The maximum Gasteiger partial charge on any atom is 0.217 e. The molecule has 1 aromatic heterocycles. The number of amides is 2. The molecule has 17 heavy (non-hydrogen) atoms. The van der Waals surface area contributed by atoms with Crippen LogP contribution in [-0.2, 0) is 22.7 Å². The number of hydrogen-bond acceptors (Lipinski definition) is 2. The number of hydrogen-bond donors (Lipinski definition) is 2. The van der Waals surface area contributed by atoms with Crippen molar-refractivity contribution in [2.24, 2.45) is 0 Å². The molecule has 0 bridgehead atoms. The van der Waals surface area contributed by atoms with Gasteiger partial charge in [0.2, 0.25) is 11.8 Å². The van der Waals surface area contributed by atoms with Crippen LogP contribution in [-0.4, -0.2) is 22.9 Å². The van der Waals surface area contributed by atoms with Gasteiger partial charge in [0.05, 0.1) is 6.54 Å². The predicted octanol–water partition coefficient (Wildman–Crippen LogP) is 0.569. The van der Waals surface area contributed by atoms with Gasteiger partial charge in [-0.25, -0.2) is 0 Å². The summed E-state index contributed by atoms with van der Waals surface area (Å²) in [6, 6.07) is 3.99. The zero-order valence-corrected chi connectivity index (χ0v) is 10.5. The molecular weight excluding hydrogens is 218 g/mol. The lowest BCUT2D eigenvalue weighted by Gasteiger charge is -2.12. The lowest BCUT2D eigenvalue weighted by molar-refractivity contribution is -0.119. The first-order valence-corrected chi connectivity index (χ1v) is 5.64. The summed E-state index contributed by atoms with van der Waals surface area (Å²) < 4.78 is 2.09. The summed E-state index contributed by atoms with van der Waals surface area (Å²) in [4.78, 5) is 21.6. The van der Waals surface area contributed by atoms with Gasteiger partial charge in [-0.15, -0.1) is 0 Å². The Kier molecular flexibility index (Phi) is 4.75. The first-order valence-electron chi connectivity index (χ1n) is 5.64. The second-order valence-corrected chi connectivity index (χ2v) is 4.01. The Morgan fingerprint density at radius 2 is 1.82 bits per heavy atom. The molecular formula is C12H19N3O2. The largest absolute Gasteiger partial charge is 0.355 e. The van der Waals surface area contributed by atoms with E-state index in [1.165, 1.54) is 13.8 Å². The standard InChI is InChI=1S/C12H19N3O2/c1-9-4-5-12(8-14-11(3)17)15(9)7-6-13-10(2)16/h4-5H,6-8H2,1-3H3,(H,13,16)(H,14,17). The topological polar surface area (TPSA) is 63.1 Å². The van der Waals surface area contributed by atoms with E-state index >= 15 is 0 Å². The van der Waals surface area contributed by atoms with E-state index in [2.05, 4.69) is 15.2 Å². The summed E-state index contributed by atoms with van der Waals surface area (Å²) in [5.74, 6) is -0.0736. The fourth-order valence-corrected chi connectivity index (χ4v) is 1.66. The van der Waals surface area contributed by atoms with Gasteiger partial charge in [-0.3, -0.25) is 9.59 Å².